The lowest BCUT2D eigenvalue weighted by molar-refractivity contribution is -0.137. The molecule has 1 aromatic carbocycles. The van der Waals surface area contributed by atoms with Gasteiger partial charge in [-0.2, -0.15) is 13.2 Å². The number of hydrogen-bond acceptors (Lipinski definition) is 2. The Morgan fingerprint density at radius 1 is 1.19 bits per heavy atom. The van der Waals surface area contributed by atoms with Gasteiger partial charge in [-0.3, -0.25) is 0 Å². The first-order valence-corrected chi connectivity index (χ1v) is 6.43. The highest BCUT2D eigenvalue weighted by molar-refractivity contribution is 5.53. The van der Waals surface area contributed by atoms with Crippen molar-refractivity contribution >= 4 is 0 Å². The molecule has 1 heterocycles. The smallest absolute Gasteiger partial charge is 0.416 e. The molecule has 0 fully saturated rings. The summed E-state index contributed by atoms with van der Waals surface area (Å²) in [5.41, 5.74) is 7.83. The van der Waals surface area contributed by atoms with Crippen LogP contribution in [0.5, 0.6) is 5.75 Å². The summed E-state index contributed by atoms with van der Waals surface area (Å²) in [6, 6.07) is 5.31. The minimum Gasteiger partial charge on any atom is -0.495 e. The van der Waals surface area contributed by atoms with Crippen LogP contribution in [0, 0.1) is 13.8 Å². The molecule has 0 bridgehead atoms. The molecule has 2 rings (SSSR count). The molecule has 3 nitrogen and oxygen atoms in total. The van der Waals surface area contributed by atoms with E-state index in [1.54, 1.807) is 4.57 Å². The first-order chi connectivity index (χ1) is 9.79. The molecular weight excluding hydrogens is 281 g/mol. The van der Waals surface area contributed by atoms with Gasteiger partial charge >= 0.3 is 6.18 Å². The van der Waals surface area contributed by atoms with Crippen LogP contribution in [-0.2, 0) is 12.7 Å². The Labute approximate surface area is 121 Å². The predicted octanol–water partition coefficient (Wildman–Crippen LogP) is 3.58. The molecule has 2 N–H and O–H groups in total. The van der Waals surface area contributed by atoms with Gasteiger partial charge in [0.1, 0.15) is 5.75 Å². The largest absolute Gasteiger partial charge is 0.495 e. The van der Waals surface area contributed by atoms with Crippen LogP contribution in [0.3, 0.4) is 0 Å². The van der Waals surface area contributed by atoms with E-state index in [1.165, 1.54) is 13.2 Å². The summed E-state index contributed by atoms with van der Waals surface area (Å²) in [5.74, 6) is 0.383. The zero-order chi connectivity index (χ0) is 15.8. The van der Waals surface area contributed by atoms with Gasteiger partial charge in [0.15, 0.2) is 0 Å². The molecule has 0 amide bonds. The van der Waals surface area contributed by atoms with Crippen molar-refractivity contribution in [3.8, 4) is 11.4 Å². The maximum absolute atomic E-state index is 12.9. The highest BCUT2D eigenvalue weighted by Gasteiger charge is 2.31. The number of ether oxygens (including phenoxy) is 1. The van der Waals surface area contributed by atoms with Crippen molar-refractivity contribution in [1.29, 1.82) is 0 Å². The molecule has 0 spiro atoms. The van der Waals surface area contributed by atoms with Crippen LogP contribution in [-0.4, -0.2) is 11.7 Å². The van der Waals surface area contributed by atoms with Crippen LogP contribution in [0.2, 0.25) is 0 Å². The number of aromatic nitrogens is 1. The van der Waals surface area contributed by atoms with Crippen molar-refractivity contribution in [2.75, 3.05) is 7.11 Å². The van der Waals surface area contributed by atoms with E-state index in [4.69, 9.17) is 10.5 Å². The molecule has 0 radical (unpaired) electrons. The van der Waals surface area contributed by atoms with Gasteiger partial charge in [0.2, 0.25) is 0 Å². The number of rotatable bonds is 3. The van der Waals surface area contributed by atoms with Crippen molar-refractivity contribution in [3.63, 3.8) is 0 Å². The van der Waals surface area contributed by atoms with E-state index < -0.39 is 11.7 Å². The van der Waals surface area contributed by atoms with Gasteiger partial charge in [-0.15, -0.1) is 0 Å². The molecule has 0 atom stereocenters. The third-order valence-electron chi connectivity index (χ3n) is 3.50. The number of methoxy groups -OCH3 is 1. The lowest BCUT2D eigenvalue weighted by Gasteiger charge is -2.16. The van der Waals surface area contributed by atoms with E-state index in [0.29, 0.717) is 18.0 Å². The Balaban J connectivity index is 2.70. The number of nitrogens with zero attached hydrogens (tertiary/aromatic N) is 1. The fourth-order valence-electron chi connectivity index (χ4n) is 2.45. The fraction of sp³-hybridized carbons (Fsp3) is 0.333. The van der Waals surface area contributed by atoms with Gasteiger partial charge in [0, 0.05) is 17.9 Å². The molecular formula is C15H17F3N2O. The van der Waals surface area contributed by atoms with E-state index in [2.05, 4.69) is 0 Å². The molecule has 114 valence electrons. The van der Waals surface area contributed by atoms with Crippen molar-refractivity contribution in [1.82, 2.24) is 4.57 Å². The van der Waals surface area contributed by atoms with Gasteiger partial charge in [0.25, 0.3) is 0 Å². The Morgan fingerprint density at radius 2 is 1.86 bits per heavy atom. The molecule has 0 saturated carbocycles. The van der Waals surface area contributed by atoms with Crippen LogP contribution >= 0.6 is 0 Å². The van der Waals surface area contributed by atoms with Crippen LogP contribution in [0.4, 0.5) is 13.2 Å². The molecule has 0 aliphatic heterocycles. The Hall–Kier alpha value is -1.95. The fourth-order valence-corrected chi connectivity index (χ4v) is 2.45. The average Bonchev–Trinajstić information content (AvgIpc) is 2.71. The first kappa shape index (κ1) is 15.4. The maximum atomic E-state index is 12.9. The molecule has 2 aromatic rings. The summed E-state index contributed by atoms with van der Waals surface area (Å²) in [6.07, 6.45) is -4.40. The normalized spacial score (nSPS) is 11.8. The Morgan fingerprint density at radius 3 is 2.33 bits per heavy atom. The number of benzene rings is 1. The van der Waals surface area contributed by atoms with Crippen molar-refractivity contribution in [2.45, 2.75) is 26.6 Å². The van der Waals surface area contributed by atoms with Gasteiger partial charge in [-0.1, -0.05) is 0 Å². The number of alkyl halides is 3. The average molecular weight is 298 g/mol. The second-order valence-corrected chi connectivity index (χ2v) is 4.82. The first-order valence-electron chi connectivity index (χ1n) is 6.43. The van der Waals surface area contributed by atoms with Crippen LogP contribution < -0.4 is 10.5 Å². The summed E-state index contributed by atoms with van der Waals surface area (Å²) in [7, 11) is 1.43. The maximum Gasteiger partial charge on any atom is 0.416 e. The standard InChI is InChI=1S/C15H17F3N2O/c1-9-6-11(8-19)10(2)20(9)13-7-12(15(16,17)18)4-5-14(13)21-3/h4-7H,8,19H2,1-3H3. The van der Waals surface area contributed by atoms with Crippen molar-refractivity contribution < 1.29 is 17.9 Å². The van der Waals surface area contributed by atoms with E-state index in [1.807, 2.05) is 19.9 Å². The summed E-state index contributed by atoms with van der Waals surface area (Å²) in [4.78, 5) is 0. The molecule has 0 saturated heterocycles. The zero-order valence-electron chi connectivity index (χ0n) is 12.1. The van der Waals surface area contributed by atoms with Gasteiger partial charge in [0.05, 0.1) is 18.4 Å². The van der Waals surface area contributed by atoms with Crippen LogP contribution in [0.25, 0.3) is 5.69 Å². The van der Waals surface area contributed by atoms with Crippen molar-refractivity contribution in [3.05, 3.63) is 46.8 Å². The minimum absolute atomic E-state index is 0.334. The Bertz CT molecular complexity index is 660. The minimum atomic E-state index is -4.40. The summed E-state index contributed by atoms with van der Waals surface area (Å²) in [6.45, 7) is 3.99. The van der Waals surface area contributed by atoms with E-state index >= 15 is 0 Å². The van der Waals surface area contributed by atoms with E-state index in [9.17, 15) is 13.2 Å². The van der Waals surface area contributed by atoms with E-state index in [-0.39, 0.29) is 0 Å². The lowest BCUT2D eigenvalue weighted by Crippen LogP contribution is -2.09. The molecule has 1 aromatic heterocycles. The second kappa shape index (κ2) is 5.44. The van der Waals surface area contributed by atoms with E-state index in [0.717, 1.165) is 29.1 Å². The number of nitrogens with two attached hydrogens (primary N) is 1. The number of hydrogen-bond donors (Lipinski definition) is 1. The SMILES string of the molecule is COc1ccc(C(F)(F)F)cc1-n1c(C)cc(CN)c1C. The lowest BCUT2D eigenvalue weighted by atomic mass is 10.1. The predicted molar refractivity (Wildman–Crippen MR) is 74.7 cm³/mol. The summed E-state index contributed by atoms with van der Waals surface area (Å²) < 4.78 is 45.7. The third-order valence-corrected chi connectivity index (χ3v) is 3.50. The van der Waals surface area contributed by atoms with Gasteiger partial charge in [-0.05, 0) is 43.7 Å². The molecule has 0 unspecified atom stereocenters. The quantitative estimate of drug-likeness (QED) is 0.941. The monoisotopic (exact) mass is 298 g/mol. The highest BCUT2D eigenvalue weighted by atomic mass is 19.4. The molecule has 6 heteroatoms. The van der Waals surface area contributed by atoms with Crippen LogP contribution in [0.15, 0.2) is 24.3 Å². The van der Waals surface area contributed by atoms with Gasteiger partial charge < -0.3 is 15.0 Å². The molecule has 0 aliphatic rings. The van der Waals surface area contributed by atoms with Gasteiger partial charge in [-0.25, -0.2) is 0 Å². The number of aryl methyl sites for hydroxylation is 1. The second-order valence-electron chi connectivity index (χ2n) is 4.82. The molecule has 21 heavy (non-hydrogen) atoms. The summed E-state index contributed by atoms with van der Waals surface area (Å²) >= 11 is 0. The number of halogens is 3. The zero-order valence-corrected chi connectivity index (χ0v) is 12.1. The third kappa shape index (κ3) is 2.76. The summed E-state index contributed by atoms with van der Waals surface area (Å²) in [5, 5.41) is 0. The van der Waals surface area contributed by atoms with Crippen molar-refractivity contribution in [2.24, 2.45) is 5.73 Å². The topological polar surface area (TPSA) is 40.2 Å². The highest BCUT2D eigenvalue weighted by Crippen LogP contribution is 2.35. The van der Waals surface area contributed by atoms with Crippen LogP contribution in [0.1, 0.15) is 22.5 Å². The molecule has 0 aliphatic carbocycles. The Kier molecular flexibility index (Phi) is 4.00.